The number of carbonyl (C=O) groups excluding carboxylic acids is 1. The molecule has 2 aromatic heterocycles. The van der Waals surface area contributed by atoms with Gasteiger partial charge in [-0.25, -0.2) is 9.78 Å². The molecule has 0 aromatic carbocycles. The second-order valence-corrected chi connectivity index (χ2v) is 5.02. The molecule has 0 aliphatic carbocycles. The number of aryl methyl sites for hydroxylation is 1. The highest BCUT2D eigenvalue weighted by atomic mass is 32.1. The van der Waals surface area contributed by atoms with Gasteiger partial charge in [0.1, 0.15) is 16.5 Å². The molecule has 6 heteroatoms. The van der Waals surface area contributed by atoms with Crippen molar-refractivity contribution in [3.05, 3.63) is 32.4 Å². The molecule has 0 radical (unpaired) electrons. The molecule has 0 fully saturated rings. The zero-order valence-electron chi connectivity index (χ0n) is 8.60. The van der Waals surface area contributed by atoms with Crippen molar-refractivity contribution in [3.8, 4) is 0 Å². The van der Waals surface area contributed by atoms with Crippen LogP contribution in [0.4, 0.5) is 5.69 Å². The molecule has 0 amide bonds. The largest absolute Gasteiger partial charge is 0.454 e. The van der Waals surface area contributed by atoms with Crippen molar-refractivity contribution >= 4 is 34.3 Å². The molecule has 0 unspecified atom stereocenters. The minimum absolute atomic E-state index is 0.203. The van der Waals surface area contributed by atoms with Crippen LogP contribution in [0, 0.1) is 6.92 Å². The molecule has 0 bridgehead atoms. The predicted octanol–water partition coefficient (Wildman–Crippen LogP) is 2.45. The molecule has 0 atom stereocenters. The molecule has 4 nitrogen and oxygen atoms in total. The molecular weight excluding hydrogens is 244 g/mol. The van der Waals surface area contributed by atoms with E-state index in [0.717, 1.165) is 10.7 Å². The van der Waals surface area contributed by atoms with Crippen LogP contribution in [-0.2, 0) is 11.3 Å². The topological polar surface area (TPSA) is 65.2 Å². The summed E-state index contributed by atoms with van der Waals surface area (Å²) in [6.45, 7) is 2.10. The molecule has 84 valence electrons. The molecule has 2 N–H and O–H groups in total. The molecule has 2 rings (SSSR count). The van der Waals surface area contributed by atoms with Gasteiger partial charge in [-0.15, -0.1) is 22.7 Å². The zero-order chi connectivity index (χ0) is 11.5. The van der Waals surface area contributed by atoms with E-state index in [2.05, 4.69) is 4.98 Å². The number of carbonyl (C=O) groups is 1. The lowest BCUT2D eigenvalue weighted by atomic mass is 10.4. The van der Waals surface area contributed by atoms with Gasteiger partial charge in [-0.1, -0.05) is 0 Å². The Morgan fingerprint density at radius 1 is 1.56 bits per heavy atom. The van der Waals surface area contributed by atoms with Gasteiger partial charge in [-0.2, -0.15) is 0 Å². The Morgan fingerprint density at radius 3 is 2.94 bits per heavy atom. The van der Waals surface area contributed by atoms with Crippen LogP contribution >= 0.6 is 22.7 Å². The van der Waals surface area contributed by atoms with Crippen molar-refractivity contribution in [1.29, 1.82) is 0 Å². The average Bonchev–Trinajstić information content (AvgIpc) is 2.84. The van der Waals surface area contributed by atoms with E-state index in [1.807, 2.05) is 12.3 Å². The normalized spacial score (nSPS) is 10.3. The number of nitrogen functional groups attached to an aromatic ring is 1. The van der Waals surface area contributed by atoms with E-state index in [4.69, 9.17) is 10.5 Å². The summed E-state index contributed by atoms with van der Waals surface area (Å²) in [7, 11) is 0. The van der Waals surface area contributed by atoms with Gasteiger partial charge in [0.2, 0.25) is 0 Å². The predicted molar refractivity (Wildman–Crippen MR) is 64.7 cm³/mol. The number of aromatic nitrogens is 1. The number of thiazole rings is 1. The van der Waals surface area contributed by atoms with E-state index >= 15 is 0 Å². The number of nitrogens with two attached hydrogens (primary N) is 1. The number of thiophene rings is 1. The van der Waals surface area contributed by atoms with Crippen LogP contribution in [0.5, 0.6) is 0 Å². The van der Waals surface area contributed by atoms with Gasteiger partial charge in [-0.05, 0) is 18.4 Å². The first-order chi connectivity index (χ1) is 7.66. The van der Waals surface area contributed by atoms with Crippen LogP contribution in [-0.4, -0.2) is 11.0 Å². The van der Waals surface area contributed by atoms with Gasteiger partial charge in [-0.3, -0.25) is 0 Å². The lowest BCUT2D eigenvalue weighted by molar-refractivity contribution is 0.0479. The molecule has 0 saturated heterocycles. The van der Waals surface area contributed by atoms with Gasteiger partial charge in [0.05, 0.1) is 5.69 Å². The van der Waals surface area contributed by atoms with E-state index < -0.39 is 0 Å². The van der Waals surface area contributed by atoms with Gasteiger partial charge in [0.25, 0.3) is 0 Å². The maximum atomic E-state index is 11.6. The van der Waals surface area contributed by atoms with Crippen molar-refractivity contribution in [2.24, 2.45) is 0 Å². The summed E-state index contributed by atoms with van der Waals surface area (Å²) in [4.78, 5) is 16.2. The maximum Gasteiger partial charge on any atom is 0.350 e. The minimum atomic E-state index is -0.389. The summed E-state index contributed by atoms with van der Waals surface area (Å²) >= 11 is 2.76. The van der Waals surface area contributed by atoms with Gasteiger partial charge >= 0.3 is 5.97 Å². The quantitative estimate of drug-likeness (QED) is 0.854. The number of anilines is 1. The van der Waals surface area contributed by atoms with Crippen molar-refractivity contribution in [2.45, 2.75) is 13.5 Å². The summed E-state index contributed by atoms with van der Waals surface area (Å²) < 4.78 is 5.11. The van der Waals surface area contributed by atoms with Crippen LogP contribution in [0.1, 0.15) is 20.4 Å². The van der Waals surface area contributed by atoms with E-state index in [1.54, 1.807) is 11.4 Å². The lowest BCUT2D eigenvalue weighted by Gasteiger charge is -2.01. The van der Waals surface area contributed by atoms with E-state index in [1.165, 1.54) is 22.7 Å². The van der Waals surface area contributed by atoms with Crippen LogP contribution in [0.25, 0.3) is 0 Å². The Kier molecular flexibility index (Phi) is 3.21. The van der Waals surface area contributed by atoms with E-state index in [0.29, 0.717) is 10.6 Å². The SMILES string of the molecule is Cc1csc(COC(=O)c2sccc2N)n1. The fourth-order valence-corrected chi connectivity index (χ4v) is 2.54. The smallest absolute Gasteiger partial charge is 0.350 e. The molecule has 0 saturated carbocycles. The third-order valence-electron chi connectivity index (χ3n) is 1.87. The first-order valence-corrected chi connectivity index (χ1v) is 6.34. The van der Waals surface area contributed by atoms with Crippen molar-refractivity contribution in [1.82, 2.24) is 4.98 Å². The van der Waals surface area contributed by atoms with Crippen LogP contribution < -0.4 is 5.73 Å². The number of hydrogen-bond donors (Lipinski definition) is 1. The van der Waals surface area contributed by atoms with Crippen LogP contribution in [0.2, 0.25) is 0 Å². The number of nitrogens with zero attached hydrogens (tertiary/aromatic N) is 1. The molecule has 0 aliphatic heterocycles. The van der Waals surface area contributed by atoms with Gasteiger partial charge < -0.3 is 10.5 Å². The number of rotatable bonds is 3. The Morgan fingerprint density at radius 2 is 2.38 bits per heavy atom. The second kappa shape index (κ2) is 4.63. The molecule has 2 heterocycles. The van der Waals surface area contributed by atoms with Crippen LogP contribution in [0.15, 0.2) is 16.8 Å². The van der Waals surface area contributed by atoms with Crippen molar-refractivity contribution in [3.63, 3.8) is 0 Å². The summed E-state index contributed by atoms with van der Waals surface area (Å²) in [5, 5.41) is 4.48. The minimum Gasteiger partial charge on any atom is -0.454 e. The fraction of sp³-hybridized carbons (Fsp3) is 0.200. The molecule has 2 aromatic rings. The molecule has 16 heavy (non-hydrogen) atoms. The lowest BCUT2D eigenvalue weighted by Crippen LogP contribution is -2.05. The third-order valence-corrected chi connectivity index (χ3v) is 3.72. The first-order valence-electron chi connectivity index (χ1n) is 4.58. The monoisotopic (exact) mass is 254 g/mol. The zero-order valence-corrected chi connectivity index (χ0v) is 10.2. The maximum absolute atomic E-state index is 11.6. The summed E-state index contributed by atoms with van der Waals surface area (Å²) in [5.74, 6) is -0.389. The first kappa shape index (κ1) is 11.1. The number of hydrogen-bond acceptors (Lipinski definition) is 6. The Hall–Kier alpha value is -1.40. The second-order valence-electron chi connectivity index (χ2n) is 3.16. The molecule has 0 aliphatic rings. The van der Waals surface area contributed by atoms with E-state index in [9.17, 15) is 4.79 Å². The summed E-state index contributed by atoms with van der Waals surface area (Å²) in [6, 6.07) is 1.69. The highest BCUT2D eigenvalue weighted by Gasteiger charge is 2.13. The summed E-state index contributed by atoms with van der Waals surface area (Å²) in [5.41, 5.74) is 7.01. The van der Waals surface area contributed by atoms with Gasteiger partial charge in [0, 0.05) is 11.1 Å². The molecular formula is C10H10N2O2S2. The molecule has 0 spiro atoms. The Labute approximate surface area is 101 Å². The summed E-state index contributed by atoms with van der Waals surface area (Å²) in [6.07, 6.45) is 0. The van der Waals surface area contributed by atoms with Crippen molar-refractivity contribution in [2.75, 3.05) is 5.73 Å². The third kappa shape index (κ3) is 2.40. The highest BCUT2D eigenvalue weighted by Crippen LogP contribution is 2.20. The standard InChI is InChI=1S/C10H10N2O2S2/c1-6-5-16-8(12-6)4-14-10(13)9-7(11)2-3-15-9/h2-3,5H,4,11H2,1H3. The fourth-order valence-electron chi connectivity index (χ4n) is 1.15. The highest BCUT2D eigenvalue weighted by molar-refractivity contribution is 7.12. The Bertz CT molecular complexity index is 504. The number of esters is 1. The number of ether oxygens (including phenoxy) is 1. The van der Waals surface area contributed by atoms with Crippen molar-refractivity contribution < 1.29 is 9.53 Å². The van der Waals surface area contributed by atoms with Gasteiger partial charge in [0.15, 0.2) is 0 Å². The van der Waals surface area contributed by atoms with E-state index in [-0.39, 0.29) is 12.6 Å². The average molecular weight is 254 g/mol. The Balaban J connectivity index is 1.96. The van der Waals surface area contributed by atoms with Crippen LogP contribution in [0.3, 0.4) is 0 Å².